The number of anilines is 1. The van der Waals surface area contributed by atoms with Gasteiger partial charge in [-0.3, -0.25) is 4.79 Å². The van der Waals surface area contributed by atoms with Gasteiger partial charge in [0.25, 0.3) is 0 Å². The minimum Gasteiger partial charge on any atom is -0.489 e. The van der Waals surface area contributed by atoms with E-state index in [0.29, 0.717) is 36.1 Å². The highest BCUT2D eigenvalue weighted by Crippen LogP contribution is 2.40. The minimum atomic E-state index is -0.145. The van der Waals surface area contributed by atoms with Crippen molar-refractivity contribution in [2.75, 3.05) is 5.32 Å². The van der Waals surface area contributed by atoms with Gasteiger partial charge in [-0.1, -0.05) is 42.5 Å². The first-order valence-electron chi connectivity index (χ1n) is 11.4. The van der Waals surface area contributed by atoms with Crippen molar-refractivity contribution >= 4 is 17.4 Å². The number of aryl methyl sites for hydroxylation is 2. The second-order valence-electron chi connectivity index (χ2n) is 8.62. The third-order valence-corrected chi connectivity index (χ3v) is 6.23. The Morgan fingerprint density at radius 3 is 2.71 bits per heavy atom. The normalized spacial score (nSPS) is 15.1. The Morgan fingerprint density at radius 2 is 1.86 bits per heavy atom. The second kappa shape index (κ2) is 8.35. The number of hydrogen-bond acceptors (Lipinski definition) is 6. The molecule has 0 saturated heterocycles. The van der Waals surface area contributed by atoms with Crippen molar-refractivity contribution in [3.05, 3.63) is 94.9 Å². The maximum absolute atomic E-state index is 12.8. The van der Waals surface area contributed by atoms with Crippen molar-refractivity contribution in [2.45, 2.75) is 32.8 Å². The molecule has 0 fully saturated rings. The topological polar surface area (TPSA) is 99.2 Å². The maximum Gasteiger partial charge on any atom is 0.226 e. The molecule has 5 aromatic rings. The van der Waals surface area contributed by atoms with E-state index in [2.05, 4.69) is 20.6 Å². The molecule has 0 unspecified atom stereocenters. The van der Waals surface area contributed by atoms with Crippen LogP contribution in [0.5, 0.6) is 5.75 Å². The number of carbonyl (C=O) groups excluding carboxylic acids is 1. The van der Waals surface area contributed by atoms with Crippen LogP contribution in [0.3, 0.4) is 0 Å². The van der Waals surface area contributed by atoms with Crippen molar-refractivity contribution in [1.82, 2.24) is 29.6 Å². The molecule has 9 nitrogen and oxygen atoms in total. The summed E-state index contributed by atoms with van der Waals surface area (Å²) in [6, 6.07) is 21.6. The van der Waals surface area contributed by atoms with Crippen LogP contribution in [0.25, 0.3) is 11.5 Å². The number of nitrogens with one attached hydrogen (secondary N) is 1. The van der Waals surface area contributed by atoms with Crippen LogP contribution < -0.4 is 10.1 Å². The summed E-state index contributed by atoms with van der Waals surface area (Å²) in [6.07, 6.45) is 0.332. The quantitative estimate of drug-likeness (QED) is 0.422. The number of nitrogens with zero attached hydrogens (tertiary/aromatic N) is 6. The fourth-order valence-corrected chi connectivity index (χ4v) is 4.56. The lowest BCUT2D eigenvalue weighted by molar-refractivity contribution is -0.116. The van der Waals surface area contributed by atoms with Gasteiger partial charge in [0.1, 0.15) is 18.2 Å². The summed E-state index contributed by atoms with van der Waals surface area (Å²) in [4.78, 5) is 12.8. The number of amides is 1. The lowest BCUT2D eigenvalue weighted by atomic mass is 9.86. The van der Waals surface area contributed by atoms with Crippen molar-refractivity contribution in [1.29, 1.82) is 0 Å². The molecular formula is C26H23N7O2. The van der Waals surface area contributed by atoms with Crippen LogP contribution in [0, 0.1) is 13.8 Å². The molecule has 1 amide bonds. The molecule has 174 valence electrons. The smallest absolute Gasteiger partial charge is 0.226 e. The van der Waals surface area contributed by atoms with E-state index in [1.807, 2.05) is 80.6 Å². The summed E-state index contributed by atoms with van der Waals surface area (Å²) < 4.78 is 9.39. The Morgan fingerprint density at radius 1 is 1.00 bits per heavy atom. The summed E-state index contributed by atoms with van der Waals surface area (Å²) >= 11 is 0. The molecule has 1 aliphatic heterocycles. The summed E-state index contributed by atoms with van der Waals surface area (Å²) in [7, 11) is 0. The number of rotatable bonds is 5. The van der Waals surface area contributed by atoms with Gasteiger partial charge in [0.2, 0.25) is 5.91 Å². The van der Waals surface area contributed by atoms with E-state index in [9.17, 15) is 4.79 Å². The standard InChI is InChI=1S/C26H23N7O2/c1-16-25-21(19-9-6-10-20(13-19)35-15-18-7-4-3-5-8-18)14-24(34)27-26(25)33(30-16)23-12-11-22-29-28-17(2)32(22)31-23/h3-13,21H,14-15H2,1-2H3,(H,27,34)/t21-/m1/s1. The lowest BCUT2D eigenvalue weighted by Gasteiger charge is -2.24. The summed E-state index contributed by atoms with van der Waals surface area (Å²) in [5, 5.41) is 20.6. The number of aromatic nitrogens is 6. The van der Waals surface area contributed by atoms with Crippen LogP contribution in [0.15, 0.2) is 66.7 Å². The Labute approximate surface area is 201 Å². The van der Waals surface area contributed by atoms with E-state index in [0.717, 1.165) is 28.1 Å². The first-order valence-corrected chi connectivity index (χ1v) is 11.4. The van der Waals surface area contributed by atoms with Gasteiger partial charge in [-0.05, 0) is 49.2 Å². The number of ether oxygens (including phenoxy) is 1. The van der Waals surface area contributed by atoms with Gasteiger partial charge in [0.15, 0.2) is 17.3 Å². The predicted molar refractivity (Wildman–Crippen MR) is 130 cm³/mol. The SMILES string of the molecule is Cc1nn(-c2ccc3nnc(C)n3n2)c2c1[C@@H](c1cccc(OCc3ccccc3)c1)CC(=O)N2. The summed E-state index contributed by atoms with van der Waals surface area (Å²) in [5.41, 5.74) is 4.57. The zero-order valence-corrected chi connectivity index (χ0v) is 19.3. The zero-order chi connectivity index (χ0) is 23.9. The van der Waals surface area contributed by atoms with Gasteiger partial charge >= 0.3 is 0 Å². The van der Waals surface area contributed by atoms with E-state index in [-0.39, 0.29) is 11.8 Å². The highest BCUT2D eigenvalue weighted by atomic mass is 16.5. The van der Waals surface area contributed by atoms with Crippen LogP contribution in [0.4, 0.5) is 5.82 Å². The van der Waals surface area contributed by atoms with Gasteiger partial charge in [-0.2, -0.15) is 14.3 Å². The molecule has 0 aliphatic carbocycles. The molecule has 0 bridgehead atoms. The third kappa shape index (κ3) is 3.80. The Bertz CT molecular complexity index is 1560. The molecule has 6 rings (SSSR count). The Hall–Kier alpha value is -4.53. The molecule has 1 atom stereocenters. The lowest BCUT2D eigenvalue weighted by Crippen LogP contribution is -2.25. The molecule has 0 saturated carbocycles. The van der Waals surface area contributed by atoms with Gasteiger partial charge in [-0.25, -0.2) is 0 Å². The van der Waals surface area contributed by atoms with Crippen molar-refractivity contribution in [3.63, 3.8) is 0 Å². The average molecular weight is 466 g/mol. The second-order valence-corrected chi connectivity index (χ2v) is 8.62. The van der Waals surface area contributed by atoms with Gasteiger partial charge < -0.3 is 10.1 Å². The molecule has 0 radical (unpaired) electrons. The van der Waals surface area contributed by atoms with Crippen molar-refractivity contribution < 1.29 is 9.53 Å². The first kappa shape index (κ1) is 21.0. The number of hydrogen-bond donors (Lipinski definition) is 1. The van der Waals surface area contributed by atoms with E-state index in [4.69, 9.17) is 9.84 Å². The van der Waals surface area contributed by atoms with E-state index < -0.39 is 0 Å². The minimum absolute atomic E-state index is 0.0687. The van der Waals surface area contributed by atoms with Crippen molar-refractivity contribution in [3.8, 4) is 11.6 Å². The predicted octanol–water partition coefficient (Wildman–Crippen LogP) is 3.98. The number of carbonyl (C=O) groups is 1. The summed E-state index contributed by atoms with van der Waals surface area (Å²) in [5.74, 6) is 2.43. The van der Waals surface area contributed by atoms with Crippen LogP contribution in [0.1, 0.15) is 40.5 Å². The molecule has 3 aromatic heterocycles. The van der Waals surface area contributed by atoms with Gasteiger partial charge in [0.05, 0.1) is 5.69 Å². The monoisotopic (exact) mass is 465 g/mol. The van der Waals surface area contributed by atoms with Crippen molar-refractivity contribution in [2.24, 2.45) is 0 Å². The summed E-state index contributed by atoms with van der Waals surface area (Å²) in [6.45, 7) is 4.28. The average Bonchev–Trinajstić information content (AvgIpc) is 3.42. The highest BCUT2D eigenvalue weighted by molar-refractivity contribution is 5.95. The van der Waals surface area contributed by atoms with E-state index in [1.54, 1.807) is 9.20 Å². The fourth-order valence-electron chi connectivity index (χ4n) is 4.56. The van der Waals surface area contributed by atoms with E-state index in [1.165, 1.54) is 0 Å². The Kier molecular flexibility index (Phi) is 5.02. The Balaban J connectivity index is 1.36. The fraction of sp³-hybridized carbons (Fsp3) is 0.192. The molecule has 35 heavy (non-hydrogen) atoms. The highest BCUT2D eigenvalue weighted by Gasteiger charge is 2.33. The molecule has 1 N–H and O–H groups in total. The molecule has 1 aliphatic rings. The third-order valence-electron chi connectivity index (χ3n) is 6.23. The van der Waals surface area contributed by atoms with Crippen LogP contribution in [0.2, 0.25) is 0 Å². The van der Waals surface area contributed by atoms with Crippen LogP contribution in [-0.2, 0) is 11.4 Å². The molecule has 2 aromatic carbocycles. The molecule has 0 spiro atoms. The first-order chi connectivity index (χ1) is 17.1. The van der Waals surface area contributed by atoms with E-state index >= 15 is 0 Å². The molecule has 4 heterocycles. The molecule has 9 heteroatoms. The van der Waals surface area contributed by atoms with Gasteiger partial charge in [-0.15, -0.1) is 15.3 Å². The number of fused-ring (bicyclic) bond motifs is 2. The largest absolute Gasteiger partial charge is 0.489 e. The number of benzene rings is 2. The molecular weight excluding hydrogens is 442 g/mol. The van der Waals surface area contributed by atoms with Crippen LogP contribution in [-0.4, -0.2) is 35.5 Å². The zero-order valence-electron chi connectivity index (χ0n) is 19.3. The van der Waals surface area contributed by atoms with Gasteiger partial charge in [0, 0.05) is 17.9 Å². The maximum atomic E-state index is 12.8. The van der Waals surface area contributed by atoms with Crippen LogP contribution >= 0.6 is 0 Å².